The Bertz CT molecular complexity index is 913. The average Bonchev–Trinajstić information content (AvgIpc) is 3.46. The molecule has 0 saturated carbocycles. The summed E-state index contributed by atoms with van der Waals surface area (Å²) in [6, 6.07) is 3.64. The molecule has 0 aromatic carbocycles. The van der Waals surface area contributed by atoms with E-state index in [1.54, 1.807) is 20.2 Å². The fourth-order valence-electron chi connectivity index (χ4n) is 5.36. The van der Waals surface area contributed by atoms with E-state index in [2.05, 4.69) is 6.92 Å². The second-order valence-corrected chi connectivity index (χ2v) is 8.65. The van der Waals surface area contributed by atoms with Gasteiger partial charge in [0, 0.05) is 20.1 Å². The SMILES string of the molecule is CC/C(=C\c1ccc(CO)o1)CC[C@H]1OC[C@H]2C1=C(COC)C[C@H]1C(=O)N(C)C(=O)[C@H]12. The summed E-state index contributed by atoms with van der Waals surface area (Å²) in [6.07, 6.45) is 5.07. The monoisotopic (exact) mass is 429 g/mol. The zero-order valence-corrected chi connectivity index (χ0v) is 18.4. The van der Waals surface area contributed by atoms with Gasteiger partial charge in [0.05, 0.1) is 31.2 Å². The Kier molecular flexibility index (Phi) is 6.46. The van der Waals surface area contributed by atoms with Crippen molar-refractivity contribution >= 4 is 17.9 Å². The molecule has 168 valence electrons. The minimum atomic E-state index is -0.306. The number of amides is 2. The van der Waals surface area contributed by atoms with E-state index in [1.165, 1.54) is 16.0 Å². The Morgan fingerprint density at radius 1 is 1.29 bits per heavy atom. The number of imide groups is 1. The summed E-state index contributed by atoms with van der Waals surface area (Å²) in [5.41, 5.74) is 3.53. The van der Waals surface area contributed by atoms with Gasteiger partial charge in [-0.2, -0.15) is 0 Å². The molecular formula is C24H31NO6. The summed E-state index contributed by atoms with van der Waals surface area (Å²) < 4.78 is 17.2. The van der Waals surface area contributed by atoms with Crippen LogP contribution in [0.1, 0.15) is 44.1 Å². The Hall–Kier alpha value is -2.22. The lowest BCUT2D eigenvalue weighted by Crippen LogP contribution is -2.34. The van der Waals surface area contributed by atoms with Crippen molar-refractivity contribution in [1.82, 2.24) is 4.90 Å². The van der Waals surface area contributed by atoms with Gasteiger partial charge in [0.2, 0.25) is 11.8 Å². The van der Waals surface area contributed by atoms with E-state index in [1.807, 2.05) is 12.1 Å². The second-order valence-electron chi connectivity index (χ2n) is 8.65. The van der Waals surface area contributed by atoms with Crippen LogP contribution in [0, 0.1) is 17.8 Å². The summed E-state index contributed by atoms with van der Waals surface area (Å²) in [5, 5.41) is 9.19. The van der Waals surface area contributed by atoms with Crippen LogP contribution in [0.5, 0.6) is 0 Å². The van der Waals surface area contributed by atoms with Gasteiger partial charge >= 0.3 is 0 Å². The largest absolute Gasteiger partial charge is 0.459 e. The predicted octanol–water partition coefficient (Wildman–Crippen LogP) is 2.94. The lowest BCUT2D eigenvalue weighted by Gasteiger charge is -2.31. The lowest BCUT2D eigenvalue weighted by molar-refractivity contribution is -0.138. The van der Waals surface area contributed by atoms with E-state index in [0.29, 0.717) is 25.4 Å². The molecule has 2 saturated heterocycles. The zero-order valence-electron chi connectivity index (χ0n) is 18.4. The number of methoxy groups -OCH3 is 1. The molecule has 0 unspecified atom stereocenters. The van der Waals surface area contributed by atoms with Crippen LogP contribution in [0.4, 0.5) is 0 Å². The number of aliphatic hydroxyl groups excluding tert-OH is 1. The van der Waals surface area contributed by atoms with Gasteiger partial charge in [0.25, 0.3) is 0 Å². The van der Waals surface area contributed by atoms with Gasteiger partial charge in [-0.1, -0.05) is 12.5 Å². The molecule has 0 bridgehead atoms. The highest BCUT2D eigenvalue weighted by atomic mass is 16.5. The number of nitrogens with zero attached hydrogens (tertiary/aromatic N) is 1. The number of ether oxygens (including phenoxy) is 2. The molecule has 2 amide bonds. The highest BCUT2D eigenvalue weighted by Crippen LogP contribution is 2.49. The molecule has 3 heterocycles. The standard InChI is InChI=1S/C24H31NO6/c1-4-14(9-16-6-7-17(11-26)31-16)5-8-20-21-15(12-29-3)10-18-22(19(21)13-30-20)24(28)25(2)23(18)27/h6-7,9,18-20,22,26H,4-5,8,10-13H2,1-3H3/b14-9+/t18-,19+,20-,22-/m1/s1. The van der Waals surface area contributed by atoms with Gasteiger partial charge in [0.15, 0.2) is 0 Å². The number of carbonyl (C=O) groups is 2. The van der Waals surface area contributed by atoms with Crippen molar-refractivity contribution in [1.29, 1.82) is 0 Å². The molecule has 4 rings (SSSR count). The van der Waals surface area contributed by atoms with Crippen molar-refractivity contribution in [3.05, 3.63) is 40.4 Å². The quantitative estimate of drug-likeness (QED) is 0.505. The highest BCUT2D eigenvalue weighted by molar-refractivity contribution is 6.05. The van der Waals surface area contributed by atoms with Crippen LogP contribution >= 0.6 is 0 Å². The van der Waals surface area contributed by atoms with Gasteiger partial charge < -0.3 is 19.0 Å². The van der Waals surface area contributed by atoms with Gasteiger partial charge in [0.1, 0.15) is 18.1 Å². The summed E-state index contributed by atoms with van der Waals surface area (Å²) in [5.74, 6) is 0.498. The molecule has 1 aromatic rings. The number of likely N-dealkylation sites (tertiary alicyclic amines) is 1. The third-order valence-electron chi connectivity index (χ3n) is 6.91. The van der Waals surface area contributed by atoms with Crippen LogP contribution in [0.25, 0.3) is 6.08 Å². The molecule has 1 aromatic heterocycles. The molecule has 4 atom stereocenters. The normalized spacial score (nSPS) is 28.5. The number of hydrogen-bond donors (Lipinski definition) is 1. The maximum absolute atomic E-state index is 12.8. The van der Waals surface area contributed by atoms with Crippen LogP contribution in [0.2, 0.25) is 0 Å². The number of fused-ring (bicyclic) bond motifs is 3. The van der Waals surface area contributed by atoms with E-state index in [9.17, 15) is 14.7 Å². The molecule has 7 nitrogen and oxygen atoms in total. The molecule has 0 radical (unpaired) electrons. The molecule has 7 heteroatoms. The number of hydrogen-bond acceptors (Lipinski definition) is 6. The van der Waals surface area contributed by atoms with Crippen LogP contribution in [-0.4, -0.2) is 55.3 Å². The van der Waals surface area contributed by atoms with Crippen molar-refractivity contribution < 1.29 is 28.6 Å². The van der Waals surface area contributed by atoms with Crippen LogP contribution in [-0.2, 0) is 25.7 Å². The van der Waals surface area contributed by atoms with E-state index in [4.69, 9.17) is 13.9 Å². The number of aliphatic hydroxyl groups is 1. The lowest BCUT2D eigenvalue weighted by atomic mass is 9.69. The third-order valence-corrected chi connectivity index (χ3v) is 6.91. The van der Waals surface area contributed by atoms with E-state index >= 15 is 0 Å². The highest BCUT2D eigenvalue weighted by Gasteiger charge is 2.55. The van der Waals surface area contributed by atoms with Gasteiger partial charge in [-0.25, -0.2) is 0 Å². The van der Waals surface area contributed by atoms with E-state index < -0.39 is 0 Å². The number of allylic oxidation sites excluding steroid dienone is 1. The molecule has 31 heavy (non-hydrogen) atoms. The zero-order chi connectivity index (χ0) is 22.1. The smallest absolute Gasteiger partial charge is 0.233 e. The number of rotatable bonds is 8. The van der Waals surface area contributed by atoms with Gasteiger partial charge in [-0.15, -0.1) is 0 Å². The van der Waals surface area contributed by atoms with Crippen LogP contribution in [0.15, 0.2) is 33.3 Å². The Labute approximate surface area is 182 Å². The van der Waals surface area contributed by atoms with Crippen LogP contribution < -0.4 is 0 Å². The van der Waals surface area contributed by atoms with Gasteiger partial charge in [-0.05, 0) is 55.0 Å². The molecular weight excluding hydrogens is 398 g/mol. The summed E-state index contributed by atoms with van der Waals surface area (Å²) in [7, 11) is 3.25. The first kappa shape index (κ1) is 22.0. The minimum absolute atomic E-state index is 0.0402. The summed E-state index contributed by atoms with van der Waals surface area (Å²) in [4.78, 5) is 26.6. The summed E-state index contributed by atoms with van der Waals surface area (Å²) in [6.45, 7) is 2.94. The maximum Gasteiger partial charge on any atom is 0.233 e. The van der Waals surface area contributed by atoms with Crippen LogP contribution in [0.3, 0.4) is 0 Å². The Morgan fingerprint density at radius 3 is 2.77 bits per heavy atom. The minimum Gasteiger partial charge on any atom is -0.459 e. The van der Waals surface area contributed by atoms with Crippen molar-refractivity contribution in [2.45, 2.75) is 45.3 Å². The first-order valence-electron chi connectivity index (χ1n) is 11.0. The second kappa shape index (κ2) is 9.10. The first-order valence-corrected chi connectivity index (χ1v) is 11.0. The van der Waals surface area contributed by atoms with Crippen molar-refractivity contribution in [3.63, 3.8) is 0 Å². The third kappa shape index (κ3) is 4.02. The molecule has 1 N–H and O–H groups in total. The average molecular weight is 430 g/mol. The molecule has 2 aliphatic heterocycles. The fourth-order valence-corrected chi connectivity index (χ4v) is 5.36. The molecule has 2 fully saturated rings. The number of furan rings is 1. The topological polar surface area (TPSA) is 89.2 Å². The number of carbonyl (C=O) groups excluding carboxylic acids is 2. The fraction of sp³-hybridized carbons (Fsp3) is 0.583. The molecule has 3 aliphatic rings. The molecule has 1 aliphatic carbocycles. The Morgan fingerprint density at radius 2 is 2.10 bits per heavy atom. The van der Waals surface area contributed by atoms with E-state index in [-0.39, 0.29) is 42.3 Å². The predicted molar refractivity (Wildman–Crippen MR) is 114 cm³/mol. The van der Waals surface area contributed by atoms with Crippen molar-refractivity contribution in [2.75, 3.05) is 27.4 Å². The summed E-state index contributed by atoms with van der Waals surface area (Å²) >= 11 is 0. The van der Waals surface area contributed by atoms with E-state index in [0.717, 1.165) is 30.6 Å². The molecule has 0 spiro atoms. The maximum atomic E-state index is 12.8. The van der Waals surface area contributed by atoms with Gasteiger partial charge in [-0.3, -0.25) is 14.5 Å². The Balaban J connectivity index is 1.53. The first-order chi connectivity index (χ1) is 15.0. The van der Waals surface area contributed by atoms with Crippen molar-refractivity contribution in [3.8, 4) is 0 Å². The van der Waals surface area contributed by atoms with Crippen molar-refractivity contribution in [2.24, 2.45) is 17.8 Å².